The number of esters is 1. The number of fused-ring (bicyclic) bond motifs is 3. The zero-order valence-electron chi connectivity index (χ0n) is 16.0. The molecule has 3 saturated carbocycles. The van der Waals surface area contributed by atoms with E-state index in [4.69, 9.17) is 9.72 Å². The highest BCUT2D eigenvalue weighted by Crippen LogP contribution is 2.72. The first-order chi connectivity index (χ1) is 11.8. The third kappa shape index (κ3) is 2.88. The van der Waals surface area contributed by atoms with Crippen molar-refractivity contribution in [2.45, 2.75) is 71.1 Å². The number of rotatable bonds is 4. The number of aromatic nitrogens is 2. The fourth-order valence-electron chi connectivity index (χ4n) is 5.70. The Hall–Kier alpha value is -1.45. The Labute approximate surface area is 150 Å². The molecule has 2 unspecified atom stereocenters. The number of nitrogens with zero attached hydrogens (tertiary/aromatic N) is 2. The van der Waals surface area contributed by atoms with E-state index in [2.05, 4.69) is 25.8 Å². The minimum atomic E-state index is -0.348. The molecule has 0 saturated heterocycles. The standard InChI is InChI=1S/C21H30N2O2/c1-20(2,3)18-16(19(24)25-4)12-22-17(23-18)8-7-15-11-21(15)10-13-5-6-14(21)9-13/h12-15H,5-11H2,1-4H3/t13-,14+,15?,21?/m0/s1. The topological polar surface area (TPSA) is 52.1 Å². The van der Waals surface area contributed by atoms with E-state index in [1.165, 1.54) is 45.6 Å². The van der Waals surface area contributed by atoms with Crippen LogP contribution in [0.4, 0.5) is 0 Å². The van der Waals surface area contributed by atoms with Crippen molar-refractivity contribution in [3.63, 3.8) is 0 Å². The van der Waals surface area contributed by atoms with Gasteiger partial charge in [0.15, 0.2) is 0 Å². The minimum absolute atomic E-state index is 0.202. The number of carbonyl (C=O) groups is 1. The van der Waals surface area contributed by atoms with E-state index >= 15 is 0 Å². The van der Waals surface area contributed by atoms with Gasteiger partial charge in [0.2, 0.25) is 0 Å². The summed E-state index contributed by atoms with van der Waals surface area (Å²) >= 11 is 0. The summed E-state index contributed by atoms with van der Waals surface area (Å²) in [4.78, 5) is 21.2. The summed E-state index contributed by atoms with van der Waals surface area (Å²) in [6.07, 6.45) is 11.1. The SMILES string of the molecule is COC(=O)c1cnc(CCC2CC23C[C@H]2CC[C@@H]3C2)nc1C(C)(C)C. The number of hydrogen-bond acceptors (Lipinski definition) is 4. The third-order valence-electron chi connectivity index (χ3n) is 6.97. The van der Waals surface area contributed by atoms with E-state index in [1.54, 1.807) is 6.20 Å². The van der Waals surface area contributed by atoms with Gasteiger partial charge in [-0.1, -0.05) is 27.2 Å². The van der Waals surface area contributed by atoms with Crippen LogP contribution in [-0.4, -0.2) is 23.0 Å². The second kappa shape index (κ2) is 5.78. The van der Waals surface area contributed by atoms with Crippen LogP contribution < -0.4 is 0 Å². The van der Waals surface area contributed by atoms with E-state index in [9.17, 15) is 4.79 Å². The van der Waals surface area contributed by atoms with Gasteiger partial charge < -0.3 is 4.74 Å². The van der Waals surface area contributed by atoms with Crippen LogP contribution in [0, 0.1) is 23.2 Å². The van der Waals surface area contributed by atoms with Crippen LogP contribution in [0.3, 0.4) is 0 Å². The molecule has 2 bridgehead atoms. The van der Waals surface area contributed by atoms with Gasteiger partial charge in [-0.25, -0.2) is 14.8 Å². The Morgan fingerprint density at radius 2 is 2.12 bits per heavy atom. The normalized spacial score (nSPS) is 33.0. The maximum absolute atomic E-state index is 12.0. The summed E-state index contributed by atoms with van der Waals surface area (Å²) in [5.74, 6) is 3.44. The van der Waals surface area contributed by atoms with Crippen molar-refractivity contribution >= 4 is 5.97 Å². The van der Waals surface area contributed by atoms with Crippen molar-refractivity contribution in [1.82, 2.24) is 9.97 Å². The first-order valence-electron chi connectivity index (χ1n) is 9.78. The molecule has 0 aromatic carbocycles. The third-order valence-corrected chi connectivity index (χ3v) is 6.97. The molecule has 3 aliphatic carbocycles. The van der Waals surface area contributed by atoms with Gasteiger partial charge in [-0.2, -0.15) is 0 Å². The van der Waals surface area contributed by atoms with E-state index in [0.717, 1.165) is 35.7 Å². The first kappa shape index (κ1) is 17.0. The molecule has 3 fully saturated rings. The van der Waals surface area contributed by atoms with Crippen LogP contribution in [0.5, 0.6) is 0 Å². The predicted molar refractivity (Wildman–Crippen MR) is 96.4 cm³/mol. The summed E-state index contributed by atoms with van der Waals surface area (Å²) in [6, 6.07) is 0. The fraction of sp³-hybridized carbons (Fsp3) is 0.762. The van der Waals surface area contributed by atoms with Gasteiger partial charge in [0, 0.05) is 18.0 Å². The zero-order valence-corrected chi connectivity index (χ0v) is 16.0. The van der Waals surface area contributed by atoms with Gasteiger partial charge >= 0.3 is 5.97 Å². The molecule has 1 aromatic rings. The highest BCUT2D eigenvalue weighted by Gasteiger charge is 2.63. The Balaban J connectivity index is 1.46. The molecule has 4 atom stereocenters. The van der Waals surface area contributed by atoms with Crippen molar-refractivity contribution in [1.29, 1.82) is 0 Å². The molecule has 0 radical (unpaired) electrons. The van der Waals surface area contributed by atoms with Gasteiger partial charge in [0.1, 0.15) is 11.4 Å². The number of hydrogen-bond donors (Lipinski definition) is 0. The summed E-state index contributed by atoms with van der Waals surface area (Å²) in [7, 11) is 1.41. The van der Waals surface area contributed by atoms with Gasteiger partial charge in [-0.05, 0) is 55.3 Å². The molecule has 1 heterocycles. The molecule has 4 nitrogen and oxygen atoms in total. The molecular weight excluding hydrogens is 312 g/mol. The first-order valence-corrected chi connectivity index (χ1v) is 9.78. The maximum Gasteiger partial charge on any atom is 0.341 e. The smallest absolute Gasteiger partial charge is 0.341 e. The summed E-state index contributed by atoms with van der Waals surface area (Å²) in [5, 5.41) is 0. The van der Waals surface area contributed by atoms with Crippen LogP contribution in [0.25, 0.3) is 0 Å². The summed E-state index contributed by atoms with van der Waals surface area (Å²) < 4.78 is 4.89. The van der Waals surface area contributed by atoms with Crippen molar-refractivity contribution in [2.75, 3.05) is 7.11 Å². The van der Waals surface area contributed by atoms with Gasteiger partial charge in [-0.15, -0.1) is 0 Å². The lowest BCUT2D eigenvalue weighted by molar-refractivity contribution is 0.0596. The Morgan fingerprint density at radius 1 is 1.32 bits per heavy atom. The molecule has 0 N–H and O–H groups in total. The number of ether oxygens (including phenoxy) is 1. The molecule has 1 spiro atoms. The molecule has 4 rings (SSSR count). The largest absolute Gasteiger partial charge is 0.465 e. The monoisotopic (exact) mass is 342 g/mol. The lowest BCUT2D eigenvalue weighted by Gasteiger charge is -2.23. The van der Waals surface area contributed by atoms with Crippen LogP contribution in [0.2, 0.25) is 0 Å². The lowest BCUT2D eigenvalue weighted by atomic mass is 9.83. The summed E-state index contributed by atoms with van der Waals surface area (Å²) in [6.45, 7) is 6.24. The van der Waals surface area contributed by atoms with E-state index in [1.807, 2.05) is 0 Å². The molecule has 4 heteroatoms. The van der Waals surface area contributed by atoms with E-state index in [0.29, 0.717) is 11.0 Å². The van der Waals surface area contributed by atoms with Crippen molar-refractivity contribution < 1.29 is 9.53 Å². The second-order valence-corrected chi connectivity index (χ2v) is 9.54. The van der Waals surface area contributed by atoms with Crippen LogP contribution in [0.1, 0.15) is 81.2 Å². The van der Waals surface area contributed by atoms with Crippen LogP contribution >= 0.6 is 0 Å². The minimum Gasteiger partial charge on any atom is -0.465 e. The van der Waals surface area contributed by atoms with Crippen molar-refractivity contribution in [3.8, 4) is 0 Å². The molecule has 25 heavy (non-hydrogen) atoms. The van der Waals surface area contributed by atoms with Crippen molar-refractivity contribution in [3.05, 3.63) is 23.3 Å². The predicted octanol–water partition coefficient (Wildman–Crippen LogP) is 4.32. The average molecular weight is 342 g/mol. The highest BCUT2D eigenvalue weighted by molar-refractivity contribution is 5.90. The van der Waals surface area contributed by atoms with E-state index < -0.39 is 0 Å². The van der Waals surface area contributed by atoms with Crippen LogP contribution in [-0.2, 0) is 16.6 Å². The number of aryl methyl sites for hydroxylation is 1. The second-order valence-electron chi connectivity index (χ2n) is 9.54. The maximum atomic E-state index is 12.0. The van der Waals surface area contributed by atoms with E-state index in [-0.39, 0.29) is 11.4 Å². The fourth-order valence-corrected chi connectivity index (χ4v) is 5.70. The van der Waals surface area contributed by atoms with Crippen LogP contribution in [0.15, 0.2) is 6.20 Å². The molecule has 0 aliphatic heterocycles. The quantitative estimate of drug-likeness (QED) is 0.765. The molecule has 0 amide bonds. The number of carbonyl (C=O) groups excluding carboxylic acids is 1. The van der Waals surface area contributed by atoms with Crippen molar-refractivity contribution in [2.24, 2.45) is 23.2 Å². The zero-order chi connectivity index (χ0) is 17.8. The van der Waals surface area contributed by atoms with Gasteiger partial charge in [0.25, 0.3) is 0 Å². The number of methoxy groups -OCH3 is 1. The molecule has 1 aromatic heterocycles. The van der Waals surface area contributed by atoms with Gasteiger partial charge in [0.05, 0.1) is 12.8 Å². The Kier molecular flexibility index (Phi) is 3.93. The molecule has 3 aliphatic rings. The lowest BCUT2D eigenvalue weighted by Crippen LogP contribution is -2.22. The highest BCUT2D eigenvalue weighted by atomic mass is 16.5. The average Bonchev–Trinajstić information content (AvgIpc) is 2.92. The molecule has 136 valence electrons. The molecular formula is C21H30N2O2. The summed E-state index contributed by atoms with van der Waals surface area (Å²) in [5.41, 5.74) is 1.79. The Morgan fingerprint density at radius 3 is 2.72 bits per heavy atom. The Bertz CT molecular complexity index is 694. The van der Waals surface area contributed by atoms with Gasteiger partial charge in [-0.3, -0.25) is 0 Å².